The number of urea groups is 1. The summed E-state index contributed by atoms with van der Waals surface area (Å²) in [5.74, 6) is 0.452. The Morgan fingerprint density at radius 3 is 2.18 bits per heavy atom. The molecule has 0 spiro atoms. The molecule has 3 nitrogen and oxygen atoms in total. The largest absolute Gasteiger partial charge is 0.416 e. The first kappa shape index (κ1) is 22.1. The molecule has 2 atom stereocenters. The van der Waals surface area contributed by atoms with E-state index in [1.54, 1.807) is 0 Å². The SMILES string of the molecule is CC[C@H](C)c1ccc([C@@H](CC)NC(=O)Nc2cc(C(F)(F)F)ccc2Cl)cc1. The first-order valence-electron chi connectivity index (χ1n) is 9.19. The second-order valence-corrected chi connectivity index (χ2v) is 7.13. The number of alkyl halides is 3. The maximum atomic E-state index is 12.9. The summed E-state index contributed by atoms with van der Waals surface area (Å²) in [5, 5.41) is 5.24. The standard InChI is InChI=1S/C21H24ClF3N2O/c1-4-13(3)14-6-8-15(9-7-14)18(5-2)26-20(28)27-19-12-16(21(23,24)25)10-11-17(19)22/h6-13,18H,4-5H2,1-3H3,(H2,26,27,28)/t13-,18+/m0/s1. The van der Waals surface area contributed by atoms with E-state index in [2.05, 4.69) is 24.5 Å². The van der Waals surface area contributed by atoms with Gasteiger partial charge in [-0.2, -0.15) is 13.2 Å². The van der Waals surface area contributed by atoms with Crippen LogP contribution in [0, 0.1) is 0 Å². The Morgan fingerprint density at radius 1 is 1.04 bits per heavy atom. The fourth-order valence-electron chi connectivity index (χ4n) is 2.83. The van der Waals surface area contributed by atoms with Gasteiger partial charge in [0, 0.05) is 0 Å². The molecule has 0 unspecified atom stereocenters. The molecule has 0 aliphatic carbocycles. The van der Waals surface area contributed by atoms with Crippen LogP contribution in [-0.4, -0.2) is 6.03 Å². The van der Waals surface area contributed by atoms with Crippen molar-refractivity contribution in [3.05, 3.63) is 64.2 Å². The van der Waals surface area contributed by atoms with E-state index in [1.807, 2.05) is 31.2 Å². The minimum absolute atomic E-state index is 0.0362. The van der Waals surface area contributed by atoms with Crippen LogP contribution >= 0.6 is 11.6 Å². The molecular formula is C21H24ClF3N2O. The summed E-state index contributed by atoms with van der Waals surface area (Å²) in [4.78, 5) is 12.3. The molecule has 152 valence electrons. The van der Waals surface area contributed by atoms with Crippen LogP contribution in [0.4, 0.5) is 23.7 Å². The van der Waals surface area contributed by atoms with Crippen LogP contribution in [0.5, 0.6) is 0 Å². The highest BCUT2D eigenvalue weighted by atomic mass is 35.5. The summed E-state index contributed by atoms with van der Waals surface area (Å²) < 4.78 is 38.6. The van der Waals surface area contributed by atoms with Crippen molar-refractivity contribution in [2.24, 2.45) is 0 Å². The number of carbonyl (C=O) groups is 1. The number of rotatable bonds is 6. The van der Waals surface area contributed by atoms with Crippen LogP contribution in [0.3, 0.4) is 0 Å². The second-order valence-electron chi connectivity index (χ2n) is 6.73. The third kappa shape index (κ3) is 5.64. The van der Waals surface area contributed by atoms with Gasteiger partial charge in [0.15, 0.2) is 0 Å². The Labute approximate surface area is 168 Å². The predicted molar refractivity (Wildman–Crippen MR) is 107 cm³/mol. The highest BCUT2D eigenvalue weighted by molar-refractivity contribution is 6.33. The molecule has 0 radical (unpaired) electrons. The maximum absolute atomic E-state index is 12.9. The van der Waals surface area contributed by atoms with Crippen molar-refractivity contribution >= 4 is 23.3 Å². The van der Waals surface area contributed by atoms with Crippen molar-refractivity contribution in [1.29, 1.82) is 0 Å². The minimum atomic E-state index is -4.51. The van der Waals surface area contributed by atoms with Gasteiger partial charge in [-0.3, -0.25) is 0 Å². The van der Waals surface area contributed by atoms with E-state index in [0.29, 0.717) is 12.3 Å². The normalized spacial score (nSPS) is 13.7. The molecule has 2 N–H and O–H groups in total. The molecule has 2 amide bonds. The molecule has 2 aromatic rings. The van der Waals surface area contributed by atoms with E-state index >= 15 is 0 Å². The smallest absolute Gasteiger partial charge is 0.331 e. The maximum Gasteiger partial charge on any atom is 0.416 e. The number of amides is 2. The number of halogens is 4. The van der Waals surface area contributed by atoms with E-state index in [0.717, 1.165) is 30.2 Å². The van der Waals surface area contributed by atoms with E-state index < -0.39 is 17.8 Å². The number of nitrogens with one attached hydrogen (secondary N) is 2. The van der Waals surface area contributed by atoms with Crippen molar-refractivity contribution in [1.82, 2.24) is 5.32 Å². The zero-order valence-electron chi connectivity index (χ0n) is 16.0. The molecule has 7 heteroatoms. The topological polar surface area (TPSA) is 41.1 Å². The van der Waals surface area contributed by atoms with Crippen molar-refractivity contribution in [3.63, 3.8) is 0 Å². The fourth-order valence-corrected chi connectivity index (χ4v) is 2.99. The van der Waals surface area contributed by atoms with Crippen LogP contribution in [0.15, 0.2) is 42.5 Å². The lowest BCUT2D eigenvalue weighted by Gasteiger charge is -2.20. The summed E-state index contributed by atoms with van der Waals surface area (Å²) in [5.41, 5.74) is 1.19. The molecule has 2 rings (SSSR count). The zero-order valence-corrected chi connectivity index (χ0v) is 16.8. The van der Waals surface area contributed by atoms with Gasteiger partial charge in [0.2, 0.25) is 0 Å². The minimum Gasteiger partial charge on any atom is -0.331 e. The van der Waals surface area contributed by atoms with Gasteiger partial charge in [-0.25, -0.2) is 4.79 Å². The van der Waals surface area contributed by atoms with Gasteiger partial charge in [0.1, 0.15) is 0 Å². The zero-order chi connectivity index (χ0) is 20.9. The molecule has 0 aromatic heterocycles. The highest BCUT2D eigenvalue weighted by Gasteiger charge is 2.31. The van der Waals surface area contributed by atoms with Crippen LogP contribution in [0.25, 0.3) is 0 Å². The first-order valence-corrected chi connectivity index (χ1v) is 9.57. The van der Waals surface area contributed by atoms with Gasteiger partial charge in [0.25, 0.3) is 0 Å². The summed E-state index contributed by atoms with van der Waals surface area (Å²) in [6, 6.07) is 9.94. The van der Waals surface area contributed by atoms with E-state index in [-0.39, 0.29) is 16.8 Å². The van der Waals surface area contributed by atoms with Crippen molar-refractivity contribution in [2.45, 2.75) is 51.7 Å². The quantitative estimate of drug-likeness (QED) is 0.519. The van der Waals surface area contributed by atoms with Gasteiger partial charge in [-0.15, -0.1) is 0 Å². The summed E-state index contributed by atoms with van der Waals surface area (Å²) in [6.07, 6.45) is -2.85. The molecule has 0 aliphatic heterocycles. The number of benzene rings is 2. The molecule has 0 saturated carbocycles. The number of hydrogen-bond acceptors (Lipinski definition) is 1. The van der Waals surface area contributed by atoms with Crippen LogP contribution < -0.4 is 10.6 Å². The lowest BCUT2D eigenvalue weighted by Crippen LogP contribution is -2.32. The third-order valence-electron chi connectivity index (χ3n) is 4.78. The Kier molecular flexibility index (Phi) is 7.35. The van der Waals surface area contributed by atoms with E-state index in [4.69, 9.17) is 11.6 Å². The van der Waals surface area contributed by atoms with Crippen molar-refractivity contribution < 1.29 is 18.0 Å². The molecule has 28 heavy (non-hydrogen) atoms. The molecule has 0 heterocycles. The highest BCUT2D eigenvalue weighted by Crippen LogP contribution is 2.34. The molecule has 0 bridgehead atoms. The van der Waals surface area contributed by atoms with Crippen LogP contribution in [-0.2, 0) is 6.18 Å². The van der Waals surface area contributed by atoms with Gasteiger partial charge in [-0.05, 0) is 48.1 Å². The van der Waals surface area contributed by atoms with Crippen molar-refractivity contribution in [2.75, 3.05) is 5.32 Å². The average Bonchev–Trinajstić information content (AvgIpc) is 2.66. The van der Waals surface area contributed by atoms with Gasteiger partial charge in [0.05, 0.1) is 22.3 Å². The summed E-state index contributed by atoms with van der Waals surface area (Å²) in [7, 11) is 0. The lowest BCUT2D eigenvalue weighted by molar-refractivity contribution is -0.137. The number of carbonyl (C=O) groups excluding carboxylic acids is 1. The third-order valence-corrected chi connectivity index (χ3v) is 5.11. The van der Waals surface area contributed by atoms with Crippen molar-refractivity contribution in [3.8, 4) is 0 Å². The van der Waals surface area contributed by atoms with Crippen LogP contribution in [0.2, 0.25) is 5.02 Å². The van der Waals surface area contributed by atoms with E-state index in [1.165, 1.54) is 5.56 Å². The van der Waals surface area contributed by atoms with E-state index in [9.17, 15) is 18.0 Å². The van der Waals surface area contributed by atoms with Gasteiger partial charge in [-0.1, -0.05) is 56.6 Å². The number of hydrogen-bond donors (Lipinski definition) is 2. The number of anilines is 1. The monoisotopic (exact) mass is 412 g/mol. The summed E-state index contributed by atoms with van der Waals surface area (Å²) >= 11 is 5.93. The molecule has 0 fully saturated rings. The second kappa shape index (κ2) is 9.32. The lowest BCUT2D eigenvalue weighted by atomic mass is 9.95. The molecule has 0 saturated heterocycles. The average molecular weight is 413 g/mol. The van der Waals surface area contributed by atoms with Gasteiger partial charge < -0.3 is 10.6 Å². The first-order chi connectivity index (χ1) is 13.2. The predicted octanol–water partition coefficient (Wildman–Crippen LogP) is 7.15. The Bertz CT molecular complexity index is 806. The van der Waals surface area contributed by atoms with Crippen LogP contribution in [0.1, 0.15) is 62.3 Å². The molecule has 2 aromatic carbocycles. The summed E-state index contributed by atoms with van der Waals surface area (Å²) in [6.45, 7) is 6.19. The Balaban J connectivity index is 2.10. The van der Waals surface area contributed by atoms with Gasteiger partial charge >= 0.3 is 12.2 Å². The molecular weight excluding hydrogens is 389 g/mol. The molecule has 0 aliphatic rings. The fraction of sp³-hybridized carbons (Fsp3) is 0.381. The Hall–Kier alpha value is -2.21. The Morgan fingerprint density at radius 2 is 1.64 bits per heavy atom.